The number of nitrogens with one attached hydrogen (secondary N) is 1. The maximum Gasteiger partial charge on any atom is 0.416 e. The molecular weight excluding hydrogens is 584 g/mol. The highest BCUT2D eigenvalue weighted by atomic mass is 32.1. The van der Waals surface area contributed by atoms with Gasteiger partial charge in [-0.25, -0.2) is 19.3 Å². The van der Waals surface area contributed by atoms with Gasteiger partial charge in [0.1, 0.15) is 23.3 Å². The number of hydrogen-bond acceptors (Lipinski definition) is 8. The predicted octanol–water partition coefficient (Wildman–Crippen LogP) is 7.51. The first-order valence-corrected chi connectivity index (χ1v) is 15.0. The second-order valence-electron chi connectivity index (χ2n) is 11.1. The molecule has 2 N–H and O–H groups in total. The number of hydrogen-bond donors (Lipinski definition) is 2. The molecule has 8 nitrogen and oxygen atoms in total. The first-order valence-electron chi connectivity index (χ1n) is 14.2. The number of anilines is 3. The summed E-state index contributed by atoms with van der Waals surface area (Å²) in [6.07, 6.45) is -0.0131. The Balaban J connectivity index is 0.00000423. The molecule has 0 amide bonds. The van der Waals surface area contributed by atoms with Gasteiger partial charge in [-0.15, -0.1) is 0 Å². The molecule has 0 saturated carbocycles. The number of carbonyl (C=O) groups is 1. The number of carboxylic acids is 1. The van der Waals surface area contributed by atoms with E-state index in [0.717, 1.165) is 68.1 Å². The molecule has 0 aliphatic carbocycles. The number of aryl methyl sites for hydroxylation is 1. The quantitative estimate of drug-likeness (QED) is 0.237. The van der Waals surface area contributed by atoms with Gasteiger partial charge in [0.15, 0.2) is 5.13 Å². The molecule has 0 unspecified atom stereocenters. The van der Waals surface area contributed by atoms with Crippen LogP contribution in [0.4, 0.5) is 34.3 Å². The lowest BCUT2D eigenvalue weighted by molar-refractivity contribution is -0.138. The Labute approximate surface area is 253 Å². The van der Waals surface area contributed by atoms with Gasteiger partial charge in [-0.3, -0.25) is 9.69 Å². The topological polar surface area (TPSA) is 94.5 Å². The van der Waals surface area contributed by atoms with Crippen molar-refractivity contribution in [1.82, 2.24) is 19.9 Å². The molecule has 1 aromatic carbocycles. The third kappa shape index (κ3) is 8.20. The third-order valence-electron chi connectivity index (χ3n) is 8.00. The van der Waals surface area contributed by atoms with Gasteiger partial charge >= 0.3 is 12.1 Å². The first-order chi connectivity index (χ1) is 19.9. The fourth-order valence-electron chi connectivity index (χ4n) is 5.71. The molecule has 2 fully saturated rings. The highest BCUT2D eigenvalue weighted by molar-refractivity contribution is 7.16. The Hall–Kier alpha value is -3.32. The zero-order valence-corrected chi connectivity index (χ0v) is 24.4. The van der Waals surface area contributed by atoms with Crippen LogP contribution in [-0.4, -0.2) is 56.6 Å². The number of thiazole rings is 1. The van der Waals surface area contributed by atoms with Crippen molar-refractivity contribution in [3.05, 3.63) is 46.3 Å². The van der Waals surface area contributed by atoms with Crippen molar-refractivity contribution >= 4 is 34.1 Å². The zero-order chi connectivity index (χ0) is 30.0. The van der Waals surface area contributed by atoms with Gasteiger partial charge in [-0.1, -0.05) is 18.8 Å². The van der Waals surface area contributed by atoms with Crippen LogP contribution in [0.3, 0.4) is 0 Å². The summed E-state index contributed by atoms with van der Waals surface area (Å²) in [6, 6.07) is 4.69. The minimum Gasteiger partial charge on any atom is -0.481 e. The average molecular weight is 623 g/mol. The van der Waals surface area contributed by atoms with Crippen molar-refractivity contribution in [2.45, 2.75) is 78.6 Å². The molecule has 2 aliphatic heterocycles. The van der Waals surface area contributed by atoms with Crippen molar-refractivity contribution in [3.63, 3.8) is 0 Å². The summed E-state index contributed by atoms with van der Waals surface area (Å²) >= 11 is 1.32. The molecule has 2 aromatic heterocycles. The number of alkyl halides is 3. The van der Waals surface area contributed by atoms with Crippen molar-refractivity contribution < 1.29 is 27.5 Å². The fourth-order valence-corrected chi connectivity index (χ4v) is 6.72. The molecule has 1 atom stereocenters. The van der Waals surface area contributed by atoms with Crippen LogP contribution >= 0.6 is 11.3 Å². The Morgan fingerprint density at radius 3 is 2.49 bits per heavy atom. The second-order valence-corrected chi connectivity index (χ2v) is 12.2. The normalized spacial score (nSPS) is 18.1. The van der Waals surface area contributed by atoms with Crippen molar-refractivity contribution in [2.75, 3.05) is 29.9 Å². The smallest absolute Gasteiger partial charge is 0.416 e. The lowest BCUT2D eigenvalue weighted by Gasteiger charge is -2.32. The van der Waals surface area contributed by atoms with Crippen molar-refractivity contribution in [1.29, 1.82) is 0 Å². The molecule has 0 radical (unpaired) electrons. The van der Waals surface area contributed by atoms with E-state index in [2.05, 4.69) is 37.0 Å². The summed E-state index contributed by atoms with van der Waals surface area (Å²) in [5.74, 6) is 0.411. The number of aromatic nitrogens is 3. The van der Waals surface area contributed by atoms with Crippen LogP contribution in [0.1, 0.15) is 69.1 Å². The van der Waals surface area contributed by atoms with Gasteiger partial charge in [0, 0.05) is 48.6 Å². The summed E-state index contributed by atoms with van der Waals surface area (Å²) in [4.78, 5) is 29.8. The largest absolute Gasteiger partial charge is 0.481 e. The summed E-state index contributed by atoms with van der Waals surface area (Å²) in [5, 5.41) is 12.6. The SMILES string of the molecule is C.Cc1nc(Nc2nc(-c3cc(F)cc(C(F)(F)F)c3)c(CN3CCC[C@H]3C)s2)cc(N2CCC(CCC(=O)O)CC2)n1. The van der Waals surface area contributed by atoms with E-state index < -0.39 is 23.5 Å². The molecule has 5 rings (SSSR count). The van der Waals surface area contributed by atoms with E-state index in [1.54, 1.807) is 6.92 Å². The predicted molar refractivity (Wildman–Crippen MR) is 160 cm³/mol. The molecule has 13 heteroatoms. The van der Waals surface area contributed by atoms with Crippen LogP contribution in [-0.2, 0) is 17.5 Å². The van der Waals surface area contributed by atoms with E-state index in [-0.39, 0.29) is 19.4 Å². The highest BCUT2D eigenvalue weighted by Gasteiger charge is 2.32. The summed E-state index contributed by atoms with van der Waals surface area (Å²) in [5.41, 5.74) is -0.650. The Morgan fingerprint density at radius 2 is 1.84 bits per heavy atom. The van der Waals surface area contributed by atoms with Gasteiger partial charge in [0.2, 0.25) is 0 Å². The average Bonchev–Trinajstić information content (AvgIpc) is 3.52. The Morgan fingerprint density at radius 1 is 1.09 bits per heavy atom. The summed E-state index contributed by atoms with van der Waals surface area (Å²) in [7, 11) is 0. The van der Waals surface area contributed by atoms with Crippen LogP contribution in [0.5, 0.6) is 0 Å². The first kappa shape index (κ1) is 32.6. The van der Waals surface area contributed by atoms with Crippen LogP contribution in [0.2, 0.25) is 0 Å². The number of carboxylic acid groups (broad SMARTS) is 1. The Kier molecular flexibility index (Phi) is 10.3. The van der Waals surface area contributed by atoms with Gasteiger partial charge < -0.3 is 15.3 Å². The second kappa shape index (κ2) is 13.5. The number of rotatable bonds is 9. The fraction of sp³-hybridized carbons (Fsp3) is 0.533. The van der Waals surface area contributed by atoms with Crippen molar-refractivity contribution in [3.8, 4) is 11.3 Å². The molecule has 0 spiro atoms. The van der Waals surface area contributed by atoms with E-state index in [4.69, 9.17) is 5.11 Å². The minimum absolute atomic E-state index is 0. The van der Waals surface area contributed by atoms with Gasteiger partial charge in [0.25, 0.3) is 0 Å². The molecule has 3 aromatic rings. The summed E-state index contributed by atoms with van der Waals surface area (Å²) in [6.45, 7) is 6.78. The van der Waals surface area contributed by atoms with E-state index in [1.807, 2.05) is 6.07 Å². The third-order valence-corrected chi connectivity index (χ3v) is 8.95. The summed E-state index contributed by atoms with van der Waals surface area (Å²) < 4.78 is 54.9. The Bertz CT molecular complexity index is 1420. The minimum atomic E-state index is -4.68. The van der Waals surface area contributed by atoms with Gasteiger partial charge in [-0.2, -0.15) is 13.2 Å². The highest BCUT2D eigenvalue weighted by Crippen LogP contribution is 2.38. The molecule has 43 heavy (non-hydrogen) atoms. The zero-order valence-electron chi connectivity index (χ0n) is 23.5. The lowest BCUT2D eigenvalue weighted by Crippen LogP contribution is -2.34. The number of piperidine rings is 1. The van der Waals surface area contributed by atoms with Crippen LogP contribution in [0.25, 0.3) is 11.3 Å². The van der Waals surface area contributed by atoms with E-state index >= 15 is 0 Å². The molecule has 2 aliphatic rings. The molecule has 4 heterocycles. The molecule has 2 saturated heterocycles. The number of likely N-dealkylation sites (tertiary alicyclic amines) is 1. The van der Waals surface area contributed by atoms with E-state index in [9.17, 15) is 22.4 Å². The maximum atomic E-state index is 14.4. The van der Waals surface area contributed by atoms with Crippen LogP contribution in [0.15, 0.2) is 24.3 Å². The molecular formula is C30H38F4N6O2S. The number of aliphatic carboxylic acids is 1. The maximum absolute atomic E-state index is 14.4. The van der Waals surface area contributed by atoms with Gasteiger partial charge in [0.05, 0.1) is 11.3 Å². The molecule has 0 bridgehead atoms. The number of benzene rings is 1. The van der Waals surface area contributed by atoms with Crippen molar-refractivity contribution in [2.24, 2.45) is 5.92 Å². The van der Waals surface area contributed by atoms with Crippen LogP contribution in [0, 0.1) is 18.7 Å². The monoisotopic (exact) mass is 622 g/mol. The molecule has 234 valence electrons. The lowest BCUT2D eigenvalue weighted by atomic mass is 9.92. The van der Waals surface area contributed by atoms with Crippen LogP contribution < -0.4 is 10.2 Å². The van der Waals surface area contributed by atoms with E-state index in [1.165, 1.54) is 11.3 Å². The number of nitrogens with zero attached hydrogens (tertiary/aromatic N) is 5. The standard InChI is InChI=1S/C29H34F4N6O2S.CH4/c1-17-4-3-9-39(17)16-23-27(20-12-21(29(31,32)33)14-22(30)13-20)37-28(42-23)36-24-15-25(35-18(2)34-24)38-10-7-19(8-11-38)5-6-26(40)41;/h12-15,17,19H,3-11,16H2,1-2H3,(H,40,41)(H,34,35,36,37);1H4/t17-;/m1./s1. The van der Waals surface area contributed by atoms with Gasteiger partial charge in [-0.05, 0) is 76.6 Å². The van der Waals surface area contributed by atoms with E-state index in [0.29, 0.717) is 53.5 Å². The number of halogens is 4.